The van der Waals surface area contributed by atoms with E-state index in [4.69, 9.17) is 0 Å². The van der Waals surface area contributed by atoms with Gasteiger partial charge in [0, 0.05) is 38.2 Å². The lowest BCUT2D eigenvalue weighted by atomic mass is 10.2. The van der Waals surface area contributed by atoms with Crippen LogP contribution in [0.1, 0.15) is 21.5 Å². The molecule has 3 amide bonds. The normalized spacial score (nSPS) is 10.2. The number of hydrogen-bond donors (Lipinski definition) is 3. The van der Waals surface area contributed by atoms with Gasteiger partial charge in [-0.05, 0) is 54.4 Å². The number of rotatable bonds is 6. The third-order valence-corrected chi connectivity index (χ3v) is 4.37. The third-order valence-electron chi connectivity index (χ3n) is 4.37. The van der Waals surface area contributed by atoms with E-state index in [1.807, 2.05) is 63.5 Å². The number of pyridine rings is 1. The fraction of sp³-hybridized carbons (Fsp3) is 0.174. The second kappa shape index (κ2) is 9.56. The van der Waals surface area contributed by atoms with Crippen LogP contribution in [0.2, 0.25) is 0 Å². The van der Waals surface area contributed by atoms with Crippen LogP contribution >= 0.6 is 0 Å². The number of carbonyl (C=O) groups is 2. The fourth-order valence-corrected chi connectivity index (χ4v) is 2.98. The maximum atomic E-state index is 12.6. The first-order chi connectivity index (χ1) is 14.4. The summed E-state index contributed by atoms with van der Waals surface area (Å²) in [6, 6.07) is 18.1. The van der Waals surface area contributed by atoms with E-state index < -0.39 is 0 Å². The van der Waals surface area contributed by atoms with Gasteiger partial charge in [0.05, 0.1) is 5.56 Å². The predicted octanol–water partition coefficient (Wildman–Crippen LogP) is 4.03. The molecule has 0 saturated heterocycles. The van der Waals surface area contributed by atoms with Crippen molar-refractivity contribution in [2.24, 2.45) is 0 Å². The van der Waals surface area contributed by atoms with E-state index in [2.05, 4.69) is 20.9 Å². The Bertz CT molecular complexity index is 1050. The van der Waals surface area contributed by atoms with Gasteiger partial charge in [0.1, 0.15) is 5.82 Å². The summed E-state index contributed by atoms with van der Waals surface area (Å²) < 4.78 is 0. The fourth-order valence-electron chi connectivity index (χ4n) is 2.98. The van der Waals surface area contributed by atoms with Crippen LogP contribution in [-0.2, 0) is 6.54 Å². The second-order valence-corrected chi connectivity index (χ2v) is 7.10. The molecule has 0 aliphatic heterocycles. The summed E-state index contributed by atoms with van der Waals surface area (Å²) >= 11 is 0. The topological polar surface area (TPSA) is 86.4 Å². The summed E-state index contributed by atoms with van der Waals surface area (Å²) in [5.41, 5.74) is 3.81. The lowest BCUT2D eigenvalue weighted by molar-refractivity contribution is 0.0951. The molecule has 3 N–H and O–H groups in total. The largest absolute Gasteiger partial charge is 0.362 e. The maximum absolute atomic E-state index is 12.6. The molecular weight excluding hydrogens is 378 g/mol. The number of hydrogen-bond acceptors (Lipinski definition) is 4. The smallest absolute Gasteiger partial charge is 0.323 e. The van der Waals surface area contributed by atoms with Gasteiger partial charge in [-0.1, -0.05) is 24.3 Å². The highest BCUT2D eigenvalue weighted by Crippen LogP contribution is 2.16. The number of benzene rings is 2. The average molecular weight is 403 g/mol. The second-order valence-electron chi connectivity index (χ2n) is 7.10. The Morgan fingerprint density at radius 1 is 0.933 bits per heavy atom. The van der Waals surface area contributed by atoms with Gasteiger partial charge in [-0.15, -0.1) is 0 Å². The highest BCUT2D eigenvalue weighted by molar-refractivity contribution is 6.00. The molecule has 30 heavy (non-hydrogen) atoms. The van der Waals surface area contributed by atoms with Gasteiger partial charge in [-0.3, -0.25) is 4.79 Å². The molecule has 0 spiro atoms. The van der Waals surface area contributed by atoms with E-state index in [0.29, 0.717) is 23.6 Å². The van der Waals surface area contributed by atoms with Crippen LogP contribution in [0.25, 0.3) is 0 Å². The molecule has 0 aliphatic carbocycles. The van der Waals surface area contributed by atoms with Crippen molar-refractivity contribution in [2.75, 3.05) is 29.6 Å². The zero-order valence-corrected chi connectivity index (χ0v) is 17.3. The number of nitrogens with zero attached hydrogens (tertiary/aromatic N) is 2. The Morgan fingerprint density at radius 2 is 1.63 bits per heavy atom. The molecule has 0 saturated carbocycles. The Kier molecular flexibility index (Phi) is 6.64. The first kappa shape index (κ1) is 20.9. The zero-order chi connectivity index (χ0) is 21.5. The van der Waals surface area contributed by atoms with Crippen LogP contribution in [0.15, 0.2) is 66.9 Å². The summed E-state index contributed by atoms with van der Waals surface area (Å²) in [5.74, 6) is 0.403. The summed E-state index contributed by atoms with van der Waals surface area (Å²) in [4.78, 5) is 30.9. The highest BCUT2D eigenvalue weighted by atomic mass is 16.2. The molecule has 0 bridgehead atoms. The van der Waals surface area contributed by atoms with Crippen molar-refractivity contribution >= 4 is 29.1 Å². The van der Waals surface area contributed by atoms with Gasteiger partial charge in [0.25, 0.3) is 5.91 Å². The van der Waals surface area contributed by atoms with Crippen LogP contribution < -0.4 is 20.9 Å². The number of nitrogens with one attached hydrogen (secondary N) is 3. The Balaban J connectivity index is 1.60. The van der Waals surface area contributed by atoms with Crippen LogP contribution in [-0.4, -0.2) is 31.0 Å². The minimum Gasteiger partial charge on any atom is -0.362 e. The molecule has 3 rings (SSSR count). The number of anilines is 3. The predicted molar refractivity (Wildman–Crippen MR) is 120 cm³/mol. The van der Waals surface area contributed by atoms with Crippen molar-refractivity contribution in [3.05, 3.63) is 83.6 Å². The number of amides is 3. The Hall–Kier alpha value is -3.87. The molecule has 0 radical (unpaired) electrons. The van der Waals surface area contributed by atoms with Crippen LogP contribution in [0.4, 0.5) is 22.0 Å². The zero-order valence-electron chi connectivity index (χ0n) is 17.3. The molecule has 7 nitrogen and oxygen atoms in total. The van der Waals surface area contributed by atoms with Crippen molar-refractivity contribution in [3.8, 4) is 0 Å². The van der Waals surface area contributed by atoms with Gasteiger partial charge in [0.2, 0.25) is 0 Å². The van der Waals surface area contributed by atoms with Crippen molar-refractivity contribution in [3.63, 3.8) is 0 Å². The van der Waals surface area contributed by atoms with Gasteiger partial charge in [-0.25, -0.2) is 9.78 Å². The summed E-state index contributed by atoms with van der Waals surface area (Å²) in [7, 11) is 3.69. The van der Waals surface area contributed by atoms with Crippen molar-refractivity contribution in [1.29, 1.82) is 0 Å². The maximum Gasteiger partial charge on any atom is 0.323 e. The average Bonchev–Trinajstić information content (AvgIpc) is 2.72. The van der Waals surface area contributed by atoms with Crippen LogP contribution in [0.5, 0.6) is 0 Å². The number of urea groups is 1. The Labute approximate surface area is 176 Å². The van der Waals surface area contributed by atoms with E-state index in [9.17, 15) is 9.59 Å². The molecule has 0 fully saturated rings. The van der Waals surface area contributed by atoms with Gasteiger partial charge in [-0.2, -0.15) is 0 Å². The molecule has 2 aromatic carbocycles. The van der Waals surface area contributed by atoms with E-state index in [-0.39, 0.29) is 11.9 Å². The molecule has 1 heterocycles. The molecule has 7 heteroatoms. The van der Waals surface area contributed by atoms with Crippen LogP contribution in [0, 0.1) is 6.92 Å². The first-order valence-corrected chi connectivity index (χ1v) is 9.56. The molecule has 3 aromatic rings. The lowest BCUT2D eigenvalue weighted by Gasteiger charge is -2.15. The van der Waals surface area contributed by atoms with Gasteiger partial charge >= 0.3 is 6.03 Å². The lowest BCUT2D eigenvalue weighted by Crippen LogP contribution is -2.26. The number of aromatic nitrogens is 1. The van der Waals surface area contributed by atoms with E-state index in [1.165, 1.54) is 0 Å². The van der Waals surface area contributed by atoms with Crippen molar-refractivity contribution in [1.82, 2.24) is 10.3 Å². The summed E-state index contributed by atoms with van der Waals surface area (Å²) in [6.45, 7) is 2.30. The molecule has 154 valence electrons. The monoisotopic (exact) mass is 403 g/mol. The molecular formula is C23H25N5O2. The minimum absolute atomic E-state index is 0.206. The minimum atomic E-state index is -0.326. The molecule has 1 aromatic heterocycles. The molecule has 0 aliphatic rings. The first-order valence-electron chi connectivity index (χ1n) is 9.56. The van der Waals surface area contributed by atoms with E-state index >= 15 is 0 Å². The van der Waals surface area contributed by atoms with Crippen LogP contribution in [0.3, 0.4) is 0 Å². The molecule has 0 unspecified atom stereocenters. The van der Waals surface area contributed by atoms with Crippen molar-refractivity contribution in [2.45, 2.75) is 13.5 Å². The Morgan fingerprint density at radius 3 is 2.33 bits per heavy atom. The number of aryl methyl sites for hydroxylation is 1. The molecule has 0 atom stereocenters. The number of carbonyl (C=O) groups excluding carboxylic acids is 2. The van der Waals surface area contributed by atoms with E-state index in [1.54, 1.807) is 29.3 Å². The third kappa shape index (κ3) is 5.57. The van der Waals surface area contributed by atoms with Gasteiger partial charge in [0.15, 0.2) is 0 Å². The van der Waals surface area contributed by atoms with Crippen molar-refractivity contribution < 1.29 is 9.59 Å². The quantitative estimate of drug-likeness (QED) is 0.580. The summed E-state index contributed by atoms with van der Waals surface area (Å²) in [5, 5.41) is 8.53. The van der Waals surface area contributed by atoms with Gasteiger partial charge < -0.3 is 20.9 Å². The highest BCUT2D eigenvalue weighted by Gasteiger charge is 2.13. The SMILES string of the molecule is Cc1cccc(NC(=O)Nc2cccc(CNC(=O)c3cccnc3N(C)C)c2)c1. The summed E-state index contributed by atoms with van der Waals surface area (Å²) in [6.07, 6.45) is 1.66. The van der Waals surface area contributed by atoms with E-state index in [0.717, 1.165) is 16.8 Å². The standard InChI is InChI=1S/C23H25N5O2/c1-16-7-4-9-18(13-16)26-23(30)27-19-10-5-8-17(14-19)15-25-22(29)20-11-6-12-24-21(20)28(2)3/h4-14H,15H2,1-3H3,(H,25,29)(H2,26,27,30).